The molecule has 2 atom stereocenters. The highest BCUT2D eigenvalue weighted by molar-refractivity contribution is 5.45. The van der Waals surface area contributed by atoms with Crippen LogP contribution in [-0.4, -0.2) is 20.3 Å². The molecule has 0 aromatic heterocycles. The largest absolute Gasteiger partial charge is 0.497 e. The molecule has 0 fully saturated rings. The Kier molecular flexibility index (Phi) is 12.2. The molecule has 186 valence electrons. The van der Waals surface area contributed by atoms with Crippen molar-refractivity contribution < 1.29 is 9.47 Å². The predicted octanol–water partition coefficient (Wildman–Crippen LogP) is 9.42. The summed E-state index contributed by atoms with van der Waals surface area (Å²) in [6.45, 7) is 19.9. The molecular weight excluding hydrogens is 404 g/mol. The van der Waals surface area contributed by atoms with Gasteiger partial charge in [-0.1, -0.05) is 53.5 Å². The van der Waals surface area contributed by atoms with Gasteiger partial charge in [0, 0.05) is 12.5 Å². The average molecular weight is 455 g/mol. The Morgan fingerprint density at radius 2 is 1.33 bits per heavy atom. The highest BCUT2D eigenvalue weighted by atomic mass is 16.5. The topological polar surface area (TPSA) is 18.5 Å². The van der Waals surface area contributed by atoms with E-state index >= 15 is 0 Å². The summed E-state index contributed by atoms with van der Waals surface area (Å²) in [5, 5.41) is 0. The zero-order valence-corrected chi connectivity index (χ0v) is 23.4. The van der Waals surface area contributed by atoms with Gasteiger partial charge in [-0.15, -0.1) is 0 Å². The lowest BCUT2D eigenvalue weighted by molar-refractivity contribution is 0.0361. The minimum atomic E-state index is -0.141. The summed E-state index contributed by atoms with van der Waals surface area (Å²) in [7, 11) is 3.66. The molecule has 2 unspecified atom stereocenters. The van der Waals surface area contributed by atoms with Crippen LogP contribution in [0.3, 0.4) is 0 Å². The third-order valence-corrected chi connectivity index (χ3v) is 7.02. The van der Waals surface area contributed by atoms with Crippen molar-refractivity contribution in [2.24, 2.45) is 5.41 Å². The molecule has 1 aliphatic rings. The van der Waals surface area contributed by atoms with Crippen molar-refractivity contribution in [2.45, 2.75) is 107 Å². The Hall–Kier alpha value is -1.80. The Morgan fingerprint density at radius 1 is 0.818 bits per heavy atom. The van der Waals surface area contributed by atoms with Crippen molar-refractivity contribution in [3.63, 3.8) is 0 Å². The van der Waals surface area contributed by atoms with Gasteiger partial charge in [0.05, 0.1) is 13.2 Å². The first-order valence-corrected chi connectivity index (χ1v) is 12.5. The monoisotopic (exact) mass is 454 g/mol. The van der Waals surface area contributed by atoms with Gasteiger partial charge in [0.25, 0.3) is 0 Å². The van der Waals surface area contributed by atoms with Crippen LogP contribution < -0.4 is 0 Å². The van der Waals surface area contributed by atoms with E-state index in [1.807, 2.05) is 14.2 Å². The molecule has 0 amide bonds. The van der Waals surface area contributed by atoms with Crippen LogP contribution in [-0.2, 0) is 9.47 Å². The number of hydrogen-bond acceptors (Lipinski definition) is 2. The van der Waals surface area contributed by atoms with E-state index in [0.717, 1.165) is 44.3 Å². The van der Waals surface area contributed by atoms with Crippen LogP contribution in [0.2, 0.25) is 0 Å². The maximum Gasteiger partial charge on any atom is 0.121 e. The van der Waals surface area contributed by atoms with Crippen molar-refractivity contribution >= 4 is 0 Å². The summed E-state index contributed by atoms with van der Waals surface area (Å²) in [6, 6.07) is 0. The lowest BCUT2D eigenvalue weighted by Crippen LogP contribution is -2.40. The quantitative estimate of drug-likeness (QED) is 0.273. The second-order valence-corrected chi connectivity index (χ2v) is 10.5. The minimum Gasteiger partial charge on any atom is -0.497 e. The maximum absolute atomic E-state index is 6.14. The molecule has 2 nitrogen and oxygen atoms in total. The van der Waals surface area contributed by atoms with E-state index in [4.69, 9.17) is 9.47 Å². The van der Waals surface area contributed by atoms with E-state index in [-0.39, 0.29) is 11.5 Å². The first-order chi connectivity index (χ1) is 15.5. The molecule has 0 radical (unpaired) electrons. The number of hydrogen-bond donors (Lipinski definition) is 0. The SMILES string of the molecule is COC1=C(CC=C(C)CCC=C(C)C)C(C)(CC=C(C)CCC=C(C)C)C(OC)C(C)=C1C. The number of ether oxygens (including phenoxy) is 2. The normalized spacial score (nSPS) is 22.0. The summed E-state index contributed by atoms with van der Waals surface area (Å²) in [4.78, 5) is 0. The number of rotatable bonds is 12. The first-order valence-electron chi connectivity index (χ1n) is 12.5. The van der Waals surface area contributed by atoms with Crippen LogP contribution in [0.4, 0.5) is 0 Å². The molecule has 0 aliphatic heterocycles. The van der Waals surface area contributed by atoms with Gasteiger partial charge in [-0.05, 0) is 111 Å². The van der Waals surface area contributed by atoms with Crippen molar-refractivity contribution in [1.29, 1.82) is 0 Å². The fourth-order valence-electron chi connectivity index (χ4n) is 4.81. The standard InChI is InChI=1S/C31H50O2/c1-22(2)14-12-16-24(5)18-19-28-29(32-10)26(7)27(8)30(33-11)31(28,9)21-20-25(6)17-13-15-23(3)4/h14-15,18,20,30H,12-13,16-17,19,21H2,1-11H3. The molecule has 1 aliphatic carbocycles. The Bertz CT molecular complexity index is 836. The van der Waals surface area contributed by atoms with Crippen LogP contribution in [0.15, 0.2) is 69.1 Å². The van der Waals surface area contributed by atoms with Gasteiger partial charge in [-0.2, -0.15) is 0 Å². The van der Waals surface area contributed by atoms with Crippen molar-refractivity contribution in [2.75, 3.05) is 14.2 Å². The van der Waals surface area contributed by atoms with Crippen LogP contribution in [0.5, 0.6) is 0 Å². The zero-order chi connectivity index (χ0) is 25.2. The molecule has 0 spiro atoms. The molecule has 0 aromatic rings. The maximum atomic E-state index is 6.14. The van der Waals surface area contributed by atoms with E-state index in [1.165, 1.54) is 39.0 Å². The Balaban J connectivity index is 3.29. The summed E-state index contributed by atoms with van der Waals surface area (Å²) < 4.78 is 12.2. The summed E-state index contributed by atoms with van der Waals surface area (Å²) >= 11 is 0. The third-order valence-electron chi connectivity index (χ3n) is 7.02. The van der Waals surface area contributed by atoms with Gasteiger partial charge >= 0.3 is 0 Å². The van der Waals surface area contributed by atoms with E-state index in [9.17, 15) is 0 Å². The zero-order valence-electron chi connectivity index (χ0n) is 23.4. The van der Waals surface area contributed by atoms with Crippen LogP contribution in [0.25, 0.3) is 0 Å². The highest BCUT2D eigenvalue weighted by Gasteiger charge is 2.44. The summed E-state index contributed by atoms with van der Waals surface area (Å²) in [5.41, 5.74) is 9.37. The molecule has 0 saturated heterocycles. The molecule has 33 heavy (non-hydrogen) atoms. The lowest BCUT2D eigenvalue weighted by Gasteiger charge is -2.44. The van der Waals surface area contributed by atoms with Crippen molar-refractivity contribution in [3.05, 3.63) is 69.1 Å². The van der Waals surface area contributed by atoms with Gasteiger partial charge in [0.15, 0.2) is 0 Å². The Morgan fingerprint density at radius 3 is 1.79 bits per heavy atom. The highest BCUT2D eigenvalue weighted by Crippen LogP contribution is 2.49. The fourth-order valence-corrected chi connectivity index (χ4v) is 4.81. The second-order valence-electron chi connectivity index (χ2n) is 10.5. The van der Waals surface area contributed by atoms with Crippen molar-refractivity contribution in [1.82, 2.24) is 0 Å². The predicted molar refractivity (Wildman–Crippen MR) is 145 cm³/mol. The van der Waals surface area contributed by atoms with E-state index in [2.05, 4.69) is 86.6 Å². The molecular formula is C31H50O2. The van der Waals surface area contributed by atoms with E-state index in [1.54, 1.807) is 0 Å². The molecule has 1 rings (SSSR count). The van der Waals surface area contributed by atoms with Gasteiger partial charge in [0.2, 0.25) is 0 Å². The third kappa shape index (κ3) is 8.49. The number of methoxy groups -OCH3 is 2. The van der Waals surface area contributed by atoms with Gasteiger partial charge in [-0.25, -0.2) is 0 Å². The average Bonchev–Trinajstić information content (AvgIpc) is 2.73. The van der Waals surface area contributed by atoms with E-state index in [0.29, 0.717) is 0 Å². The van der Waals surface area contributed by atoms with E-state index < -0.39 is 0 Å². The second kappa shape index (κ2) is 13.8. The molecule has 0 bridgehead atoms. The molecule has 0 aromatic carbocycles. The minimum absolute atomic E-state index is 0.0487. The summed E-state index contributed by atoms with van der Waals surface area (Å²) in [5.74, 6) is 1.05. The van der Waals surface area contributed by atoms with Gasteiger partial charge in [-0.3, -0.25) is 0 Å². The van der Waals surface area contributed by atoms with Crippen LogP contribution >= 0.6 is 0 Å². The molecule has 0 N–H and O–H groups in total. The van der Waals surface area contributed by atoms with Crippen LogP contribution in [0.1, 0.15) is 101 Å². The fraction of sp³-hybridized carbons (Fsp3) is 0.613. The van der Waals surface area contributed by atoms with Gasteiger partial charge < -0.3 is 9.47 Å². The summed E-state index contributed by atoms with van der Waals surface area (Å²) in [6.07, 6.45) is 15.8. The lowest BCUT2D eigenvalue weighted by atomic mass is 9.66. The first kappa shape index (κ1) is 29.2. The molecule has 0 saturated carbocycles. The Labute approximate surface area is 205 Å². The molecule has 0 heterocycles. The number of allylic oxidation sites excluding steroid dienone is 9. The van der Waals surface area contributed by atoms with Crippen molar-refractivity contribution in [3.8, 4) is 0 Å². The smallest absolute Gasteiger partial charge is 0.121 e. The van der Waals surface area contributed by atoms with Crippen LogP contribution in [0, 0.1) is 5.41 Å². The molecule has 2 heteroatoms. The van der Waals surface area contributed by atoms with Gasteiger partial charge in [0.1, 0.15) is 5.76 Å².